The van der Waals surface area contributed by atoms with Gasteiger partial charge in [-0.05, 0) is 49.7 Å². The number of anilines is 1. The maximum absolute atomic E-state index is 13.2. The summed E-state index contributed by atoms with van der Waals surface area (Å²) in [6, 6.07) is 12.9. The number of thioether (sulfide) groups is 1. The summed E-state index contributed by atoms with van der Waals surface area (Å²) in [4.78, 5) is 26.0. The molecule has 1 heterocycles. The Labute approximate surface area is 177 Å². The van der Waals surface area contributed by atoms with E-state index < -0.39 is 11.8 Å². The van der Waals surface area contributed by atoms with Crippen molar-refractivity contribution >= 4 is 29.3 Å². The molecule has 0 N–H and O–H groups in total. The summed E-state index contributed by atoms with van der Waals surface area (Å²) in [7, 11) is 0. The van der Waals surface area contributed by atoms with Crippen LogP contribution in [-0.4, -0.2) is 41.0 Å². The predicted octanol–water partition coefficient (Wildman–Crippen LogP) is 3.87. The molecule has 2 aromatic carbocycles. The van der Waals surface area contributed by atoms with Gasteiger partial charge in [0.2, 0.25) is 11.8 Å². The Morgan fingerprint density at radius 2 is 1.87 bits per heavy atom. The molecule has 9 heteroatoms. The summed E-state index contributed by atoms with van der Waals surface area (Å²) < 4.78 is 23.8. The number of hydrogen-bond acceptors (Lipinski definition) is 7. The standard InChI is InChI=1S/C21H20FN3O4S/c1-3-28-19(27)12-25(16-10-8-15(22)9-11-16)18(26)13-30-21-24-23-20(29-21)17-7-5-4-6-14(17)2/h4-11H,3,12-13H2,1-2H3. The number of hydrogen-bond donors (Lipinski definition) is 0. The summed E-state index contributed by atoms with van der Waals surface area (Å²) in [5, 5.41) is 8.24. The van der Waals surface area contributed by atoms with E-state index in [1.165, 1.54) is 29.2 Å². The maximum Gasteiger partial charge on any atom is 0.326 e. The molecule has 3 rings (SSSR count). The van der Waals surface area contributed by atoms with Crippen molar-refractivity contribution in [1.82, 2.24) is 10.2 Å². The molecular weight excluding hydrogens is 409 g/mol. The number of esters is 1. The second-order valence-corrected chi connectivity index (χ2v) is 7.16. The number of carbonyl (C=O) groups is 2. The normalized spacial score (nSPS) is 10.6. The zero-order valence-corrected chi connectivity index (χ0v) is 17.3. The van der Waals surface area contributed by atoms with Crippen molar-refractivity contribution in [3.63, 3.8) is 0 Å². The molecule has 7 nitrogen and oxygen atoms in total. The first-order chi connectivity index (χ1) is 14.5. The van der Waals surface area contributed by atoms with Crippen LogP contribution in [0.5, 0.6) is 0 Å². The quantitative estimate of drug-likeness (QED) is 0.397. The van der Waals surface area contributed by atoms with E-state index in [-0.39, 0.29) is 30.0 Å². The summed E-state index contributed by atoms with van der Waals surface area (Å²) in [6.07, 6.45) is 0. The van der Waals surface area contributed by atoms with Gasteiger partial charge in [-0.1, -0.05) is 30.0 Å². The lowest BCUT2D eigenvalue weighted by atomic mass is 10.1. The fourth-order valence-electron chi connectivity index (χ4n) is 2.67. The molecule has 0 unspecified atom stereocenters. The molecule has 0 aliphatic heterocycles. The SMILES string of the molecule is CCOC(=O)CN(C(=O)CSc1nnc(-c2ccccc2C)o1)c1ccc(F)cc1. The Morgan fingerprint density at radius 3 is 2.57 bits per heavy atom. The van der Waals surface area contributed by atoms with Gasteiger partial charge in [0.05, 0.1) is 12.4 Å². The van der Waals surface area contributed by atoms with E-state index in [9.17, 15) is 14.0 Å². The molecule has 0 atom stereocenters. The third-order valence-corrected chi connectivity index (χ3v) is 4.94. The molecule has 30 heavy (non-hydrogen) atoms. The van der Waals surface area contributed by atoms with Gasteiger partial charge >= 0.3 is 5.97 Å². The molecule has 0 aliphatic rings. The first kappa shape index (κ1) is 21.5. The highest BCUT2D eigenvalue weighted by Gasteiger charge is 2.21. The van der Waals surface area contributed by atoms with Crippen molar-refractivity contribution in [2.24, 2.45) is 0 Å². The van der Waals surface area contributed by atoms with Gasteiger partial charge in [0.1, 0.15) is 12.4 Å². The smallest absolute Gasteiger partial charge is 0.326 e. The van der Waals surface area contributed by atoms with Crippen LogP contribution >= 0.6 is 11.8 Å². The monoisotopic (exact) mass is 429 g/mol. The topological polar surface area (TPSA) is 85.5 Å². The van der Waals surface area contributed by atoms with Crippen LogP contribution < -0.4 is 4.90 Å². The molecule has 0 bridgehead atoms. The molecule has 0 radical (unpaired) electrons. The molecule has 0 saturated heterocycles. The van der Waals surface area contributed by atoms with Gasteiger partial charge in [-0.2, -0.15) is 0 Å². The Kier molecular flexibility index (Phi) is 7.18. The first-order valence-electron chi connectivity index (χ1n) is 9.21. The van der Waals surface area contributed by atoms with Crippen molar-refractivity contribution in [3.05, 3.63) is 59.9 Å². The Balaban J connectivity index is 1.70. The summed E-state index contributed by atoms with van der Waals surface area (Å²) in [5.41, 5.74) is 2.20. The summed E-state index contributed by atoms with van der Waals surface area (Å²) in [6.45, 7) is 3.53. The van der Waals surface area contributed by atoms with E-state index in [4.69, 9.17) is 9.15 Å². The van der Waals surface area contributed by atoms with E-state index in [1.807, 2.05) is 31.2 Å². The fourth-order valence-corrected chi connectivity index (χ4v) is 3.31. The van der Waals surface area contributed by atoms with Crippen molar-refractivity contribution in [2.45, 2.75) is 19.1 Å². The molecular formula is C21H20FN3O4S. The van der Waals surface area contributed by atoms with Crippen LogP contribution in [0.4, 0.5) is 10.1 Å². The summed E-state index contributed by atoms with van der Waals surface area (Å²) >= 11 is 1.06. The van der Waals surface area contributed by atoms with Crippen LogP contribution in [0.1, 0.15) is 12.5 Å². The molecule has 0 aliphatic carbocycles. The van der Waals surface area contributed by atoms with Crippen molar-refractivity contribution in [2.75, 3.05) is 23.8 Å². The van der Waals surface area contributed by atoms with Crippen molar-refractivity contribution < 1.29 is 23.1 Å². The molecule has 0 spiro atoms. The van der Waals surface area contributed by atoms with Crippen molar-refractivity contribution in [1.29, 1.82) is 0 Å². The van der Waals surface area contributed by atoms with E-state index >= 15 is 0 Å². The van der Waals surface area contributed by atoms with Gasteiger partial charge in [0.15, 0.2) is 0 Å². The Morgan fingerprint density at radius 1 is 1.13 bits per heavy atom. The van der Waals surface area contributed by atoms with E-state index in [1.54, 1.807) is 6.92 Å². The lowest BCUT2D eigenvalue weighted by Gasteiger charge is -2.21. The predicted molar refractivity (Wildman–Crippen MR) is 111 cm³/mol. The second kappa shape index (κ2) is 10.0. The third kappa shape index (κ3) is 5.44. The number of benzene rings is 2. The zero-order valence-electron chi connectivity index (χ0n) is 16.5. The lowest BCUT2D eigenvalue weighted by molar-refractivity contribution is -0.142. The van der Waals surface area contributed by atoms with Crippen LogP contribution in [0.15, 0.2) is 58.2 Å². The first-order valence-corrected chi connectivity index (χ1v) is 10.2. The number of amides is 1. The molecule has 156 valence electrons. The van der Waals surface area contributed by atoms with E-state index in [0.717, 1.165) is 22.9 Å². The fraction of sp³-hybridized carbons (Fsp3) is 0.238. The number of ether oxygens (including phenoxy) is 1. The van der Waals surface area contributed by atoms with Crippen LogP contribution in [0.2, 0.25) is 0 Å². The van der Waals surface area contributed by atoms with E-state index in [0.29, 0.717) is 11.6 Å². The minimum absolute atomic E-state index is 0.0494. The number of aryl methyl sites for hydroxylation is 1. The average Bonchev–Trinajstić information content (AvgIpc) is 3.20. The number of rotatable bonds is 8. The van der Waals surface area contributed by atoms with Gasteiger partial charge in [-0.15, -0.1) is 10.2 Å². The molecule has 0 fully saturated rings. The molecule has 0 saturated carbocycles. The van der Waals surface area contributed by atoms with Crippen LogP contribution in [0.3, 0.4) is 0 Å². The number of aromatic nitrogens is 2. The highest BCUT2D eigenvalue weighted by molar-refractivity contribution is 7.99. The second-order valence-electron chi connectivity index (χ2n) is 6.24. The minimum Gasteiger partial charge on any atom is -0.465 e. The van der Waals surface area contributed by atoms with Crippen molar-refractivity contribution in [3.8, 4) is 11.5 Å². The lowest BCUT2D eigenvalue weighted by Crippen LogP contribution is -2.37. The van der Waals surface area contributed by atoms with Crippen LogP contribution in [-0.2, 0) is 14.3 Å². The third-order valence-electron chi connectivity index (χ3n) is 4.13. The van der Waals surface area contributed by atoms with Gasteiger partial charge in [0, 0.05) is 11.3 Å². The summed E-state index contributed by atoms with van der Waals surface area (Å²) in [5.74, 6) is -1.06. The van der Waals surface area contributed by atoms with Gasteiger partial charge < -0.3 is 14.1 Å². The van der Waals surface area contributed by atoms with E-state index in [2.05, 4.69) is 10.2 Å². The number of nitrogens with zero attached hydrogens (tertiary/aromatic N) is 3. The zero-order chi connectivity index (χ0) is 21.5. The highest BCUT2D eigenvalue weighted by Crippen LogP contribution is 2.26. The average molecular weight is 429 g/mol. The van der Waals surface area contributed by atoms with Gasteiger partial charge in [-0.25, -0.2) is 4.39 Å². The highest BCUT2D eigenvalue weighted by atomic mass is 32.2. The minimum atomic E-state index is -0.556. The Bertz CT molecular complexity index is 1020. The van der Waals surface area contributed by atoms with Crippen LogP contribution in [0, 0.1) is 12.7 Å². The molecule has 3 aromatic rings. The maximum atomic E-state index is 13.2. The van der Waals surface area contributed by atoms with Gasteiger partial charge in [-0.3, -0.25) is 9.59 Å². The largest absolute Gasteiger partial charge is 0.465 e. The number of halogens is 1. The van der Waals surface area contributed by atoms with Gasteiger partial charge in [0.25, 0.3) is 5.22 Å². The Hall–Kier alpha value is -3.20. The molecule has 1 aromatic heterocycles. The van der Waals surface area contributed by atoms with Crippen LogP contribution in [0.25, 0.3) is 11.5 Å². The number of carbonyl (C=O) groups excluding carboxylic acids is 2. The molecule has 1 amide bonds.